The van der Waals surface area contributed by atoms with Gasteiger partial charge in [-0.3, -0.25) is 0 Å². The van der Waals surface area contributed by atoms with Crippen LogP contribution in [0, 0.1) is 5.92 Å². The maximum absolute atomic E-state index is 10.7. The fourth-order valence-corrected chi connectivity index (χ4v) is 21.3. The van der Waals surface area contributed by atoms with Gasteiger partial charge in [-0.05, 0) is 0 Å². The topological polar surface area (TPSA) is 20.2 Å². The van der Waals surface area contributed by atoms with Crippen molar-refractivity contribution in [1.82, 2.24) is 0 Å². The summed E-state index contributed by atoms with van der Waals surface area (Å²) in [7, 11) is 0. The Morgan fingerprint density at radius 2 is 1.37 bits per heavy atom. The molecule has 158 valence electrons. The molecule has 0 unspecified atom stereocenters. The van der Waals surface area contributed by atoms with E-state index < -0.39 is 24.0 Å². The normalized spacial score (nSPS) is 17.8. The number of allylic oxidation sites excluding steroid dienone is 3. The van der Waals surface area contributed by atoms with E-state index in [1.807, 2.05) is 13.8 Å². The molecule has 1 nitrogen and oxygen atoms in total. The molecule has 1 rings (SSSR count). The predicted molar refractivity (Wildman–Crippen MR) is 125 cm³/mol. The van der Waals surface area contributed by atoms with Gasteiger partial charge in [0.1, 0.15) is 0 Å². The van der Waals surface area contributed by atoms with E-state index in [1.54, 1.807) is 3.59 Å². The maximum atomic E-state index is 10.7. The Kier molecular flexibility index (Phi) is 12.6. The monoisotopic (exact) mass is 484 g/mol. The number of unbranched alkanes of at least 4 members (excludes halogenated alkanes) is 3. The molecule has 0 atom stereocenters. The Balaban J connectivity index is 3.22. The van der Waals surface area contributed by atoms with Crippen LogP contribution in [0.2, 0.25) is 13.3 Å². The molecule has 2 heteroatoms. The second-order valence-corrected chi connectivity index (χ2v) is 22.8. The Bertz CT molecular complexity index is 416. The Morgan fingerprint density at radius 3 is 1.78 bits per heavy atom. The van der Waals surface area contributed by atoms with Crippen LogP contribution in [0.5, 0.6) is 0 Å². The van der Waals surface area contributed by atoms with Crippen LogP contribution in [-0.2, 0) is 0 Å². The van der Waals surface area contributed by atoms with Crippen LogP contribution in [0.3, 0.4) is 0 Å². The number of hydrogen-bond acceptors (Lipinski definition) is 1. The van der Waals surface area contributed by atoms with Crippen molar-refractivity contribution in [1.29, 1.82) is 0 Å². The molecule has 0 bridgehead atoms. The van der Waals surface area contributed by atoms with E-state index in [0.717, 1.165) is 5.92 Å². The van der Waals surface area contributed by atoms with Crippen molar-refractivity contribution in [2.45, 2.75) is 124 Å². The quantitative estimate of drug-likeness (QED) is 0.207. The summed E-state index contributed by atoms with van der Waals surface area (Å²) >= 11 is -2.50. The molecular formula is C25H48OSn. The third kappa shape index (κ3) is 10.0. The van der Waals surface area contributed by atoms with Crippen LogP contribution < -0.4 is 0 Å². The molecule has 0 saturated heterocycles. The van der Waals surface area contributed by atoms with Crippen molar-refractivity contribution >= 4 is 18.4 Å². The molecule has 0 amide bonds. The van der Waals surface area contributed by atoms with Gasteiger partial charge in [-0.2, -0.15) is 0 Å². The summed E-state index contributed by atoms with van der Waals surface area (Å²) in [5, 5.41) is 10.7. The van der Waals surface area contributed by atoms with Crippen molar-refractivity contribution in [3.8, 4) is 0 Å². The minimum atomic E-state index is -2.50. The van der Waals surface area contributed by atoms with Crippen LogP contribution in [0.1, 0.15) is 105 Å². The second kappa shape index (κ2) is 13.5. The van der Waals surface area contributed by atoms with Crippen molar-refractivity contribution in [2.24, 2.45) is 5.92 Å². The molecule has 1 aliphatic rings. The van der Waals surface area contributed by atoms with Crippen molar-refractivity contribution in [3.05, 3.63) is 21.8 Å². The average molecular weight is 483 g/mol. The molecule has 1 aliphatic carbocycles. The van der Waals surface area contributed by atoms with Crippen LogP contribution in [0.4, 0.5) is 0 Å². The summed E-state index contributed by atoms with van der Waals surface area (Å²) in [6.07, 6.45) is 22.4. The molecule has 0 spiro atoms. The predicted octanol–water partition coefficient (Wildman–Crippen LogP) is 8.21. The summed E-state index contributed by atoms with van der Waals surface area (Å²) in [4.78, 5) is 0. The third-order valence-corrected chi connectivity index (χ3v) is 22.0. The van der Waals surface area contributed by atoms with Gasteiger partial charge in [0.15, 0.2) is 0 Å². The molecule has 0 aliphatic heterocycles. The molecule has 0 aromatic heterocycles. The minimum absolute atomic E-state index is 0.695. The van der Waals surface area contributed by atoms with Crippen molar-refractivity contribution in [2.75, 3.05) is 0 Å². The average Bonchev–Trinajstić information content (AvgIpc) is 2.65. The zero-order chi connectivity index (χ0) is 20.2. The SMILES string of the molecule is CCC[CH2][Sn]([CH2]CCC)([CH2]CCC)[C](/C=C/C1CCCCC1)=C/C(C)(C)O. The molecule has 0 radical (unpaired) electrons. The molecule has 1 saturated carbocycles. The molecular weight excluding hydrogens is 435 g/mol. The van der Waals surface area contributed by atoms with E-state index in [0.29, 0.717) is 0 Å². The van der Waals surface area contributed by atoms with Gasteiger partial charge >= 0.3 is 175 Å². The first-order chi connectivity index (χ1) is 12.9. The fraction of sp³-hybridized carbons (Fsp3) is 0.840. The fourth-order valence-electron chi connectivity index (χ4n) is 4.68. The van der Waals surface area contributed by atoms with Gasteiger partial charge in [-0.1, -0.05) is 0 Å². The Hall–Kier alpha value is 0.239. The van der Waals surface area contributed by atoms with E-state index in [2.05, 4.69) is 39.0 Å². The van der Waals surface area contributed by atoms with Gasteiger partial charge < -0.3 is 0 Å². The molecule has 1 fully saturated rings. The van der Waals surface area contributed by atoms with E-state index >= 15 is 0 Å². The first-order valence-electron chi connectivity index (χ1n) is 12.0. The van der Waals surface area contributed by atoms with E-state index in [-0.39, 0.29) is 0 Å². The van der Waals surface area contributed by atoms with E-state index in [1.165, 1.54) is 83.9 Å². The van der Waals surface area contributed by atoms with Gasteiger partial charge in [0.25, 0.3) is 0 Å². The van der Waals surface area contributed by atoms with Crippen LogP contribution in [0.15, 0.2) is 21.8 Å². The standard InChI is InChI=1S/C13H21O.3C4H9.Sn/c1-13(2,14)11-7-6-10-12-8-4-3-5-9-12;3*1-3-4-2;/h6,10-12,14H,3-5,8-9H2,1-2H3;3*1,3-4H2,2H3;/b10-6+,11-7?;;;;. The van der Waals surface area contributed by atoms with E-state index in [4.69, 9.17) is 0 Å². The number of hydrogen-bond donors (Lipinski definition) is 1. The van der Waals surface area contributed by atoms with Crippen LogP contribution in [0.25, 0.3) is 0 Å². The summed E-state index contributed by atoms with van der Waals surface area (Å²) in [6.45, 7) is 11.0. The Morgan fingerprint density at radius 1 is 0.889 bits per heavy atom. The van der Waals surface area contributed by atoms with Crippen LogP contribution in [-0.4, -0.2) is 29.1 Å². The van der Waals surface area contributed by atoms with Gasteiger partial charge in [-0.15, -0.1) is 0 Å². The molecule has 0 aromatic rings. The van der Waals surface area contributed by atoms with Crippen molar-refractivity contribution in [3.63, 3.8) is 0 Å². The number of rotatable bonds is 13. The van der Waals surface area contributed by atoms with E-state index in [9.17, 15) is 5.11 Å². The molecule has 27 heavy (non-hydrogen) atoms. The second-order valence-electron chi connectivity index (χ2n) is 9.60. The van der Waals surface area contributed by atoms with Gasteiger partial charge in [0.05, 0.1) is 0 Å². The first kappa shape index (κ1) is 25.3. The molecule has 0 aromatic carbocycles. The molecule has 1 N–H and O–H groups in total. The summed E-state index contributed by atoms with van der Waals surface area (Å²) < 4.78 is 6.06. The zero-order valence-corrected chi connectivity index (χ0v) is 22.0. The zero-order valence-electron chi connectivity index (χ0n) is 19.2. The Labute approximate surface area is 175 Å². The summed E-state index contributed by atoms with van der Waals surface area (Å²) in [5.74, 6) is 0.775. The first-order valence-corrected chi connectivity index (χ1v) is 19.5. The van der Waals surface area contributed by atoms with Crippen molar-refractivity contribution < 1.29 is 5.11 Å². The van der Waals surface area contributed by atoms with Gasteiger partial charge in [0, 0.05) is 0 Å². The van der Waals surface area contributed by atoms with Crippen LogP contribution >= 0.6 is 0 Å². The van der Waals surface area contributed by atoms with Gasteiger partial charge in [0.2, 0.25) is 0 Å². The number of aliphatic hydroxyl groups is 1. The molecule has 0 heterocycles. The summed E-state index contributed by atoms with van der Waals surface area (Å²) in [5.41, 5.74) is -0.695. The summed E-state index contributed by atoms with van der Waals surface area (Å²) in [6, 6.07) is 0. The van der Waals surface area contributed by atoms with Gasteiger partial charge in [-0.25, -0.2) is 0 Å². The third-order valence-electron chi connectivity index (χ3n) is 6.35.